The predicted octanol–water partition coefficient (Wildman–Crippen LogP) is 3.23. The number of benzene rings is 2. The van der Waals surface area contributed by atoms with E-state index in [0.717, 1.165) is 34.5 Å². The summed E-state index contributed by atoms with van der Waals surface area (Å²) in [6.45, 7) is 2.47. The first-order chi connectivity index (χ1) is 15.2. The largest absolute Gasteiger partial charge is 0.349 e. The summed E-state index contributed by atoms with van der Waals surface area (Å²) in [6.07, 6.45) is 3.07. The van der Waals surface area contributed by atoms with E-state index in [9.17, 15) is 4.79 Å². The standard InChI is InChI=1S/C22H19N7O2/c1-2-5-19-24-18-12-23-31-20(18)22(30)29(19)13-14-8-10-15(11-9-14)16-6-3-4-7-17(16)21-25-27-28-26-21/h3-4,6-12H,2,5,13H2,1H3,(H,25,26,27,28). The van der Waals surface area contributed by atoms with Crippen molar-refractivity contribution in [1.29, 1.82) is 0 Å². The number of hydrogen-bond acceptors (Lipinski definition) is 7. The van der Waals surface area contributed by atoms with Crippen molar-refractivity contribution in [2.45, 2.75) is 26.3 Å². The molecule has 0 saturated carbocycles. The number of aryl methyl sites for hydroxylation is 1. The van der Waals surface area contributed by atoms with E-state index in [4.69, 9.17) is 4.52 Å². The van der Waals surface area contributed by atoms with Gasteiger partial charge in [-0.2, -0.15) is 5.21 Å². The Hall–Kier alpha value is -4.14. The quantitative estimate of drug-likeness (QED) is 0.454. The molecule has 0 aliphatic carbocycles. The fraction of sp³-hybridized carbons (Fsp3) is 0.182. The van der Waals surface area contributed by atoms with Gasteiger partial charge >= 0.3 is 0 Å². The van der Waals surface area contributed by atoms with Crippen LogP contribution in [0.25, 0.3) is 33.6 Å². The maximum Gasteiger partial charge on any atom is 0.300 e. The highest BCUT2D eigenvalue weighted by molar-refractivity contribution is 5.80. The van der Waals surface area contributed by atoms with Crippen molar-refractivity contribution >= 4 is 11.1 Å². The monoisotopic (exact) mass is 413 g/mol. The Morgan fingerprint density at radius 2 is 1.87 bits per heavy atom. The summed E-state index contributed by atoms with van der Waals surface area (Å²) in [4.78, 5) is 17.5. The van der Waals surface area contributed by atoms with Crippen molar-refractivity contribution in [1.82, 2.24) is 35.3 Å². The zero-order chi connectivity index (χ0) is 21.2. The highest BCUT2D eigenvalue weighted by atomic mass is 16.5. The molecule has 0 spiro atoms. The van der Waals surface area contributed by atoms with Crippen LogP contribution in [0.3, 0.4) is 0 Å². The smallest absolute Gasteiger partial charge is 0.300 e. The number of aromatic amines is 1. The van der Waals surface area contributed by atoms with Gasteiger partial charge in [-0.05, 0) is 28.3 Å². The second-order valence-corrected chi connectivity index (χ2v) is 7.19. The summed E-state index contributed by atoms with van der Waals surface area (Å²) in [5, 5.41) is 18.1. The lowest BCUT2D eigenvalue weighted by atomic mass is 9.98. The van der Waals surface area contributed by atoms with Gasteiger partial charge in [0.1, 0.15) is 11.3 Å². The van der Waals surface area contributed by atoms with Crippen LogP contribution >= 0.6 is 0 Å². The second kappa shape index (κ2) is 7.94. The van der Waals surface area contributed by atoms with Crippen molar-refractivity contribution in [2.24, 2.45) is 0 Å². The molecule has 0 unspecified atom stereocenters. The lowest BCUT2D eigenvalue weighted by molar-refractivity contribution is 0.450. The lowest BCUT2D eigenvalue weighted by Crippen LogP contribution is -2.25. The number of nitrogens with zero attached hydrogens (tertiary/aromatic N) is 6. The molecule has 31 heavy (non-hydrogen) atoms. The fourth-order valence-corrected chi connectivity index (χ4v) is 3.66. The van der Waals surface area contributed by atoms with Crippen LogP contribution in [0, 0.1) is 0 Å². The minimum absolute atomic E-state index is 0.186. The van der Waals surface area contributed by atoms with E-state index in [1.165, 1.54) is 6.20 Å². The number of hydrogen-bond donors (Lipinski definition) is 1. The lowest BCUT2D eigenvalue weighted by Gasteiger charge is -2.12. The van der Waals surface area contributed by atoms with Crippen LogP contribution < -0.4 is 5.56 Å². The molecule has 9 nitrogen and oxygen atoms in total. The topological polar surface area (TPSA) is 115 Å². The molecule has 3 aromatic heterocycles. The summed E-state index contributed by atoms with van der Waals surface area (Å²) < 4.78 is 6.79. The summed E-state index contributed by atoms with van der Waals surface area (Å²) >= 11 is 0. The van der Waals surface area contributed by atoms with Gasteiger partial charge in [-0.3, -0.25) is 9.36 Å². The van der Waals surface area contributed by atoms with Gasteiger partial charge in [0.05, 0.1) is 12.7 Å². The van der Waals surface area contributed by atoms with Gasteiger partial charge in [0.25, 0.3) is 5.56 Å². The minimum atomic E-state index is -0.211. The van der Waals surface area contributed by atoms with E-state index in [-0.39, 0.29) is 11.1 Å². The maximum atomic E-state index is 12.9. The number of aromatic nitrogens is 7. The Balaban J connectivity index is 1.50. The Labute approximate surface area is 176 Å². The fourth-order valence-electron chi connectivity index (χ4n) is 3.66. The third-order valence-electron chi connectivity index (χ3n) is 5.14. The van der Waals surface area contributed by atoms with E-state index < -0.39 is 0 Å². The third kappa shape index (κ3) is 3.50. The molecule has 3 heterocycles. The second-order valence-electron chi connectivity index (χ2n) is 7.19. The van der Waals surface area contributed by atoms with Crippen molar-refractivity contribution in [3.8, 4) is 22.5 Å². The van der Waals surface area contributed by atoms with Gasteiger partial charge in [-0.15, -0.1) is 10.2 Å². The molecule has 2 aromatic carbocycles. The van der Waals surface area contributed by atoms with Gasteiger partial charge in [0.15, 0.2) is 0 Å². The number of H-pyrrole nitrogens is 1. The molecule has 0 saturated heterocycles. The first kappa shape index (κ1) is 18.9. The van der Waals surface area contributed by atoms with Crippen LogP contribution in [0.2, 0.25) is 0 Å². The SMILES string of the molecule is CCCc1nc2cnoc2c(=O)n1Cc1ccc(-c2ccccc2-c2nn[nH]n2)cc1. The molecule has 0 atom stereocenters. The first-order valence-electron chi connectivity index (χ1n) is 10.0. The molecule has 9 heteroatoms. The zero-order valence-electron chi connectivity index (χ0n) is 16.8. The van der Waals surface area contributed by atoms with E-state index in [1.54, 1.807) is 4.57 Å². The highest BCUT2D eigenvalue weighted by Gasteiger charge is 2.15. The van der Waals surface area contributed by atoms with Gasteiger partial charge in [-0.1, -0.05) is 60.6 Å². The molecular formula is C22H19N7O2. The molecule has 0 radical (unpaired) electrons. The molecule has 0 fully saturated rings. The Morgan fingerprint density at radius 1 is 1.06 bits per heavy atom. The highest BCUT2D eigenvalue weighted by Crippen LogP contribution is 2.29. The minimum Gasteiger partial charge on any atom is -0.349 e. The molecule has 0 bridgehead atoms. The number of rotatable bonds is 6. The number of tetrazole rings is 1. The van der Waals surface area contributed by atoms with Gasteiger partial charge < -0.3 is 4.52 Å². The Bertz CT molecular complexity index is 1390. The van der Waals surface area contributed by atoms with Crippen molar-refractivity contribution in [2.75, 3.05) is 0 Å². The molecular weight excluding hydrogens is 394 g/mol. The molecule has 1 N–H and O–H groups in total. The summed E-state index contributed by atoms with van der Waals surface area (Å²) in [5.74, 6) is 1.27. The third-order valence-corrected chi connectivity index (χ3v) is 5.14. The van der Waals surface area contributed by atoms with Gasteiger partial charge in [0.2, 0.25) is 11.4 Å². The number of nitrogens with one attached hydrogen (secondary N) is 1. The average molecular weight is 413 g/mol. The van der Waals surface area contributed by atoms with E-state index in [0.29, 0.717) is 24.3 Å². The van der Waals surface area contributed by atoms with Gasteiger partial charge in [-0.25, -0.2) is 4.98 Å². The van der Waals surface area contributed by atoms with Crippen LogP contribution in [-0.4, -0.2) is 35.3 Å². The normalized spacial score (nSPS) is 11.3. The maximum absolute atomic E-state index is 12.9. The predicted molar refractivity (Wildman–Crippen MR) is 114 cm³/mol. The average Bonchev–Trinajstić information content (AvgIpc) is 3.49. The van der Waals surface area contributed by atoms with E-state index >= 15 is 0 Å². The van der Waals surface area contributed by atoms with Gasteiger partial charge in [0, 0.05) is 12.0 Å². The van der Waals surface area contributed by atoms with E-state index in [2.05, 4.69) is 37.7 Å². The zero-order valence-corrected chi connectivity index (χ0v) is 16.8. The molecule has 5 rings (SSSR count). The summed E-state index contributed by atoms with van der Waals surface area (Å²) in [7, 11) is 0. The van der Waals surface area contributed by atoms with E-state index in [1.807, 2.05) is 48.5 Å². The van der Waals surface area contributed by atoms with Crippen LogP contribution in [-0.2, 0) is 13.0 Å². The number of fused-ring (bicyclic) bond motifs is 1. The van der Waals surface area contributed by atoms with Crippen molar-refractivity contribution < 1.29 is 4.52 Å². The van der Waals surface area contributed by atoms with Crippen LogP contribution in [0.5, 0.6) is 0 Å². The van der Waals surface area contributed by atoms with Crippen LogP contribution in [0.15, 0.2) is 64.0 Å². The molecule has 5 aromatic rings. The Kier molecular flexibility index (Phi) is 4.83. The van der Waals surface area contributed by atoms with Crippen molar-refractivity contribution in [3.05, 3.63) is 76.5 Å². The summed E-state index contributed by atoms with van der Waals surface area (Å²) in [6, 6.07) is 16.0. The first-order valence-corrected chi connectivity index (χ1v) is 10.0. The van der Waals surface area contributed by atoms with Crippen molar-refractivity contribution in [3.63, 3.8) is 0 Å². The Morgan fingerprint density at radius 3 is 2.61 bits per heavy atom. The molecule has 0 aliphatic heterocycles. The summed E-state index contributed by atoms with van der Waals surface area (Å²) in [5.41, 5.74) is 4.38. The van der Waals surface area contributed by atoms with Crippen LogP contribution in [0.4, 0.5) is 0 Å². The molecule has 0 aliphatic rings. The molecule has 0 amide bonds. The van der Waals surface area contributed by atoms with Crippen LogP contribution in [0.1, 0.15) is 24.7 Å². The molecule has 154 valence electrons.